The van der Waals surface area contributed by atoms with E-state index in [0.717, 1.165) is 35.7 Å². The summed E-state index contributed by atoms with van der Waals surface area (Å²) in [4.78, 5) is 0. The highest BCUT2D eigenvalue weighted by atomic mass is 15.7. The van der Waals surface area contributed by atoms with Gasteiger partial charge in [0.25, 0.3) is 0 Å². The number of hydrogen-bond donors (Lipinski definition) is 0. The monoisotopic (exact) mass is 522 g/mol. The zero-order valence-corrected chi connectivity index (χ0v) is 24.9. The molecule has 2 nitrogen and oxygen atoms in total. The minimum Gasteiger partial charge on any atom is -0.280 e. The molecule has 2 saturated carbocycles. The van der Waals surface area contributed by atoms with E-state index in [2.05, 4.69) is 79.9 Å². The first-order valence-corrected chi connectivity index (χ1v) is 16.0. The van der Waals surface area contributed by atoms with Crippen LogP contribution in [0.15, 0.2) is 72.4 Å². The molecule has 2 aliphatic heterocycles. The molecule has 1 aromatic rings. The fourth-order valence-corrected chi connectivity index (χ4v) is 8.81. The quantitative estimate of drug-likeness (QED) is 0.355. The molecule has 4 unspecified atom stereocenters. The zero-order valence-electron chi connectivity index (χ0n) is 24.9. The van der Waals surface area contributed by atoms with Crippen molar-refractivity contribution in [3.63, 3.8) is 0 Å². The van der Waals surface area contributed by atoms with Crippen LogP contribution in [0.5, 0.6) is 0 Å². The van der Waals surface area contributed by atoms with Gasteiger partial charge in [-0.05, 0) is 105 Å². The molecule has 5 aliphatic rings. The lowest BCUT2D eigenvalue weighted by Crippen LogP contribution is -2.53. The van der Waals surface area contributed by atoms with Gasteiger partial charge in [0.1, 0.15) is 0 Å². The normalized spacial score (nSPS) is 32.0. The second-order valence-electron chi connectivity index (χ2n) is 13.7. The molecule has 0 N–H and O–H groups in total. The first kappa shape index (κ1) is 26.7. The van der Waals surface area contributed by atoms with Gasteiger partial charge in [-0.1, -0.05) is 88.4 Å². The molecule has 0 radical (unpaired) electrons. The molecule has 2 fully saturated rings. The standard InChI is InChI=1S/C37H50N2/c1-26(2)14-6-8-17-31-18-12-22-35-29(16-13-23-37(31,35)5)24-36-34-21-9-7-15-30(34)25-38-27(3)32-19-10-11-20-33(32)28(4)39(36)38/h6,8,10-11,19-20,24,26,31,35-36H,3-4,7,9,12-18,21-23,25H2,1-2,5H3/b8-6+,29-24+. The molecule has 0 amide bonds. The molecule has 3 aliphatic carbocycles. The van der Waals surface area contributed by atoms with Gasteiger partial charge in [-0.15, -0.1) is 0 Å². The fourth-order valence-electron chi connectivity index (χ4n) is 8.81. The predicted octanol–water partition coefficient (Wildman–Crippen LogP) is 9.94. The van der Waals surface area contributed by atoms with Crippen LogP contribution >= 0.6 is 0 Å². The number of hydrazine groups is 1. The van der Waals surface area contributed by atoms with Crippen LogP contribution in [0.1, 0.15) is 109 Å². The van der Waals surface area contributed by atoms with Crippen molar-refractivity contribution in [3.8, 4) is 0 Å². The Labute approximate surface area is 238 Å². The number of hydrogen-bond acceptors (Lipinski definition) is 2. The smallest absolute Gasteiger partial charge is 0.0903 e. The fraction of sp³-hybridized carbons (Fsp3) is 0.568. The molecule has 0 saturated heterocycles. The summed E-state index contributed by atoms with van der Waals surface area (Å²) in [5, 5.41) is 5.02. The van der Waals surface area contributed by atoms with Crippen LogP contribution < -0.4 is 0 Å². The summed E-state index contributed by atoms with van der Waals surface area (Å²) >= 11 is 0. The topological polar surface area (TPSA) is 6.48 Å². The Bertz CT molecular complexity index is 1210. The molecule has 1 aromatic carbocycles. The van der Waals surface area contributed by atoms with Gasteiger partial charge in [0.05, 0.1) is 24.0 Å². The minimum atomic E-state index is 0.287. The summed E-state index contributed by atoms with van der Waals surface area (Å²) in [5.74, 6) is 2.29. The minimum absolute atomic E-state index is 0.287. The largest absolute Gasteiger partial charge is 0.280 e. The SMILES string of the molecule is C=C1c2ccccc2C(=C)N2C(/C=C3\CCCC4(C)C(C/C=C/CC(C)C)CCCC34)C3=C(CCCC3)CN12. The van der Waals surface area contributed by atoms with Crippen molar-refractivity contribution < 1.29 is 0 Å². The van der Waals surface area contributed by atoms with Crippen molar-refractivity contribution in [1.82, 2.24) is 10.0 Å². The predicted molar refractivity (Wildman–Crippen MR) is 166 cm³/mol. The molecule has 6 rings (SSSR count). The van der Waals surface area contributed by atoms with Crippen LogP contribution in [0.2, 0.25) is 0 Å². The third-order valence-electron chi connectivity index (χ3n) is 11.0. The Kier molecular flexibility index (Phi) is 7.42. The summed E-state index contributed by atoms with van der Waals surface area (Å²) in [7, 11) is 0. The van der Waals surface area contributed by atoms with Gasteiger partial charge in [-0.3, -0.25) is 10.0 Å². The average Bonchev–Trinajstić information content (AvgIpc) is 2.94. The summed E-state index contributed by atoms with van der Waals surface area (Å²) in [6, 6.07) is 9.05. The highest BCUT2D eigenvalue weighted by molar-refractivity contribution is 5.81. The van der Waals surface area contributed by atoms with Crippen LogP contribution in [-0.4, -0.2) is 22.6 Å². The molecule has 39 heavy (non-hydrogen) atoms. The highest BCUT2D eigenvalue weighted by Crippen LogP contribution is 2.57. The summed E-state index contributed by atoms with van der Waals surface area (Å²) < 4.78 is 0. The Morgan fingerprint density at radius 1 is 0.949 bits per heavy atom. The number of allylic oxidation sites excluding steroid dienone is 3. The highest BCUT2D eigenvalue weighted by Gasteiger charge is 2.47. The van der Waals surface area contributed by atoms with Crippen LogP contribution in [0, 0.1) is 23.2 Å². The van der Waals surface area contributed by atoms with Crippen LogP contribution in [-0.2, 0) is 0 Å². The third kappa shape index (κ3) is 4.76. The van der Waals surface area contributed by atoms with Gasteiger partial charge in [0, 0.05) is 11.1 Å². The van der Waals surface area contributed by atoms with Crippen molar-refractivity contribution in [2.75, 3.05) is 6.54 Å². The Morgan fingerprint density at radius 2 is 1.72 bits per heavy atom. The molecule has 208 valence electrons. The van der Waals surface area contributed by atoms with E-state index in [4.69, 9.17) is 6.58 Å². The van der Waals surface area contributed by atoms with E-state index in [0.29, 0.717) is 5.41 Å². The van der Waals surface area contributed by atoms with Crippen LogP contribution in [0.4, 0.5) is 0 Å². The lowest BCUT2D eigenvalue weighted by Gasteiger charge is -2.54. The maximum absolute atomic E-state index is 4.70. The molecular formula is C37H50N2. The van der Waals surface area contributed by atoms with E-state index in [9.17, 15) is 0 Å². The van der Waals surface area contributed by atoms with E-state index in [1.165, 1.54) is 88.2 Å². The van der Waals surface area contributed by atoms with Crippen LogP contribution in [0.3, 0.4) is 0 Å². The Balaban J connectivity index is 1.35. The maximum atomic E-state index is 4.70. The summed E-state index contributed by atoms with van der Waals surface area (Å²) in [5.41, 5.74) is 10.3. The molecular weight excluding hydrogens is 472 g/mol. The molecule has 0 bridgehead atoms. The van der Waals surface area contributed by atoms with E-state index >= 15 is 0 Å². The van der Waals surface area contributed by atoms with E-state index in [1.807, 2.05) is 0 Å². The Hall–Kier alpha value is -2.48. The number of nitrogens with zero attached hydrogens (tertiary/aromatic N) is 2. The molecule has 2 heterocycles. The summed E-state index contributed by atoms with van der Waals surface area (Å²) in [6.07, 6.45) is 23.5. The van der Waals surface area contributed by atoms with Crippen LogP contribution in [0.25, 0.3) is 11.4 Å². The molecule has 0 aromatic heterocycles. The van der Waals surface area contributed by atoms with Gasteiger partial charge >= 0.3 is 0 Å². The van der Waals surface area contributed by atoms with Crippen molar-refractivity contribution in [1.29, 1.82) is 0 Å². The second kappa shape index (κ2) is 10.8. The first-order chi connectivity index (χ1) is 18.9. The average molecular weight is 523 g/mol. The lowest BCUT2D eigenvalue weighted by atomic mass is 9.53. The first-order valence-electron chi connectivity index (χ1n) is 16.0. The van der Waals surface area contributed by atoms with Crippen molar-refractivity contribution >= 4 is 11.4 Å². The van der Waals surface area contributed by atoms with Gasteiger partial charge < -0.3 is 0 Å². The third-order valence-corrected chi connectivity index (χ3v) is 11.0. The molecule has 2 heteroatoms. The lowest BCUT2D eigenvalue weighted by molar-refractivity contribution is 0.0314. The van der Waals surface area contributed by atoms with Crippen molar-refractivity contribution in [3.05, 3.63) is 83.5 Å². The number of rotatable bonds is 5. The van der Waals surface area contributed by atoms with Gasteiger partial charge in [-0.2, -0.15) is 0 Å². The van der Waals surface area contributed by atoms with Gasteiger partial charge in [-0.25, -0.2) is 0 Å². The van der Waals surface area contributed by atoms with Gasteiger partial charge in [0.2, 0.25) is 0 Å². The van der Waals surface area contributed by atoms with E-state index in [1.54, 1.807) is 16.7 Å². The molecule has 0 spiro atoms. The van der Waals surface area contributed by atoms with Crippen molar-refractivity contribution in [2.45, 2.75) is 104 Å². The van der Waals surface area contributed by atoms with E-state index in [-0.39, 0.29) is 6.04 Å². The maximum Gasteiger partial charge on any atom is 0.0903 e. The zero-order chi connectivity index (χ0) is 27.1. The molecule has 4 atom stereocenters. The summed E-state index contributed by atoms with van der Waals surface area (Å²) in [6.45, 7) is 17.6. The van der Waals surface area contributed by atoms with Gasteiger partial charge in [0.15, 0.2) is 0 Å². The number of benzene rings is 1. The second-order valence-corrected chi connectivity index (χ2v) is 13.7. The van der Waals surface area contributed by atoms with Crippen molar-refractivity contribution in [2.24, 2.45) is 23.2 Å². The Morgan fingerprint density at radius 3 is 2.51 bits per heavy atom. The number of fused-ring (bicyclic) bond motifs is 3. The van der Waals surface area contributed by atoms with E-state index < -0.39 is 0 Å².